The molecule has 9 heteroatoms. The molecule has 124 valence electrons. The van der Waals surface area contributed by atoms with Gasteiger partial charge in [0.25, 0.3) is 6.43 Å². The van der Waals surface area contributed by atoms with Crippen LogP contribution in [0, 0.1) is 6.92 Å². The van der Waals surface area contributed by atoms with Crippen LogP contribution in [0.1, 0.15) is 37.7 Å². The Balaban J connectivity index is 2.82. The Morgan fingerprint density at radius 2 is 2.14 bits per heavy atom. The molecule has 0 spiro atoms. The molecule has 1 N–H and O–H groups in total. The highest BCUT2D eigenvalue weighted by Gasteiger charge is 2.26. The number of carbonyl (C=O) groups is 2. The number of thiol groups is 1. The first kappa shape index (κ1) is 18.4. The van der Waals surface area contributed by atoms with Crippen molar-refractivity contribution in [1.29, 1.82) is 0 Å². The Kier molecular flexibility index (Phi) is 6.79. The van der Waals surface area contributed by atoms with Crippen LogP contribution in [0.15, 0.2) is 6.07 Å². The third kappa shape index (κ3) is 4.43. The zero-order valence-electron chi connectivity index (χ0n) is 12.5. The minimum absolute atomic E-state index is 0.0671. The number of nitrogens with one attached hydrogen (secondary N) is 1. The molecule has 0 aliphatic carbocycles. The molecule has 1 rings (SSSR count). The lowest BCUT2D eigenvalue weighted by Gasteiger charge is -2.19. The zero-order chi connectivity index (χ0) is 16.9. The van der Waals surface area contributed by atoms with Gasteiger partial charge in [-0.25, -0.2) is 13.6 Å². The first-order valence-electron chi connectivity index (χ1n) is 6.73. The van der Waals surface area contributed by atoms with Gasteiger partial charge in [0.1, 0.15) is 17.8 Å². The predicted octanol–water partition coefficient (Wildman–Crippen LogP) is 1.67. The van der Waals surface area contributed by atoms with E-state index in [1.807, 2.05) is 0 Å². The Bertz CT molecular complexity index is 537. The van der Waals surface area contributed by atoms with Gasteiger partial charge in [-0.05, 0) is 26.8 Å². The molecule has 0 saturated heterocycles. The molecular formula is C13H19F2N3O3S. The molecule has 0 fully saturated rings. The van der Waals surface area contributed by atoms with Gasteiger partial charge in [-0.1, -0.05) is 0 Å². The molecule has 0 bridgehead atoms. The van der Waals surface area contributed by atoms with E-state index in [0.29, 0.717) is 5.69 Å². The van der Waals surface area contributed by atoms with E-state index in [1.54, 1.807) is 13.8 Å². The number of nitrogens with zero attached hydrogens (tertiary/aromatic N) is 2. The average molecular weight is 335 g/mol. The van der Waals surface area contributed by atoms with E-state index in [2.05, 4.69) is 23.0 Å². The predicted molar refractivity (Wildman–Crippen MR) is 79.0 cm³/mol. The smallest absolute Gasteiger partial charge is 0.329 e. The molecule has 2 atom stereocenters. The highest BCUT2D eigenvalue weighted by molar-refractivity contribution is 7.80. The second kappa shape index (κ2) is 8.11. The Labute approximate surface area is 132 Å². The molecule has 1 aromatic rings. The summed E-state index contributed by atoms with van der Waals surface area (Å²) in [6.45, 7) is 4.91. The summed E-state index contributed by atoms with van der Waals surface area (Å²) in [5.74, 6) is -1.06. The summed E-state index contributed by atoms with van der Waals surface area (Å²) >= 11 is 3.99. The monoisotopic (exact) mass is 335 g/mol. The van der Waals surface area contributed by atoms with E-state index < -0.39 is 36.1 Å². The van der Waals surface area contributed by atoms with E-state index in [-0.39, 0.29) is 12.4 Å². The normalized spacial score (nSPS) is 13.8. The van der Waals surface area contributed by atoms with Gasteiger partial charge >= 0.3 is 5.97 Å². The van der Waals surface area contributed by atoms with Crippen molar-refractivity contribution in [1.82, 2.24) is 15.1 Å². The third-order valence-electron chi connectivity index (χ3n) is 2.98. The lowest BCUT2D eigenvalue weighted by atomic mass is 10.2. The molecule has 1 aromatic heterocycles. The molecule has 1 amide bonds. The zero-order valence-corrected chi connectivity index (χ0v) is 13.4. The minimum Gasteiger partial charge on any atom is -0.464 e. The molecule has 1 heterocycles. The largest absolute Gasteiger partial charge is 0.464 e. The fourth-order valence-electron chi connectivity index (χ4n) is 1.84. The standard InChI is InChI=1S/C13H19F2N3O3S/c1-4-21-13(20)10(6-22)16-12(19)8(3)18-7(2)5-9(17-18)11(14)15/h5,8,10-11,22H,4,6H2,1-3H3,(H,16,19). The van der Waals surface area contributed by atoms with Crippen molar-refractivity contribution in [2.75, 3.05) is 12.4 Å². The number of carbonyl (C=O) groups excluding carboxylic acids is 2. The Hall–Kier alpha value is -1.64. The van der Waals surface area contributed by atoms with Crippen molar-refractivity contribution in [3.8, 4) is 0 Å². The van der Waals surface area contributed by atoms with Crippen LogP contribution < -0.4 is 5.32 Å². The van der Waals surface area contributed by atoms with E-state index in [4.69, 9.17) is 4.74 Å². The first-order valence-corrected chi connectivity index (χ1v) is 7.37. The number of aryl methyl sites for hydroxylation is 1. The molecule has 0 radical (unpaired) electrons. The Morgan fingerprint density at radius 3 is 2.59 bits per heavy atom. The summed E-state index contributed by atoms with van der Waals surface area (Å²) < 4.78 is 31.3. The van der Waals surface area contributed by atoms with E-state index in [1.165, 1.54) is 17.7 Å². The summed E-state index contributed by atoms with van der Waals surface area (Å²) in [5.41, 5.74) is 0.0322. The van der Waals surface area contributed by atoms with Crippen LogP contribution in [0.25, 0.3) is 0 Å². The van der Waals surface area contributed by atoms with E-state index in [0.717, 1.165) is 0 Å². The fourth-order valence-corrected chi connectivity index (χ4v) is 2.08. The van der Waals surface area contributed by atoms with Gasteiger partial charge in [-0.3, -0.25) is 9.48 Å². The SMILES string of the molecule is CCOC(=O)C(CS)NC(=O)C(C)n1nc(C(F)F)cc1C. The second-order valence-corrected chi connectivity index (χ2v) is 4.99. The van der Waals surface area contributed by atoms with Crippen LogP contribution in [0.3, 0.4) is 0 Å². The van der Waals surface area contributed by atoms with Gasteiger partial charge < -0.3 is 10.1 Å². The first-order chi connectivity index (χ1) is 10.3. The van der Waals surface area contributed by atoms with Crippen molar-refractivity contribution in [2.45, 2.75) is 39.3 Å². The van der Waals surface area contributed by atoms with Crippen LogP contribution in [0.2, 0.25) is 0 Å². The number of alkyl halides is 2. The number of aromatic nitrogens is 2. The fraction of sp³-hybridized carbons (Fsp3) is 0.615. The highest BCUT2D eigenvalue weighted by atomic mass is 32.1. The molecule has 0 aliphatic rings. The maximum absolute atomic E-state index is 12.6. The molecule has 0 aromatic carbocycles. The van der Waals surface area contributed by atoms with Crippen molar-refractivity contribution in [3.05, 3.63) is 17.5 Å². The second-order valence-electron chi connectivity index (χ2n) is 4.63. The van der Waals surface area contributed by atoms with Gasteiger partial charge in [0, 0.05) is 11.4 Å². The summed E-state index contributed by atoms with van der Waals surface area (Å²) in [5, 5.41) is 6.19. The number of halogens is 2. The number of hydrogen-bond acceptors (Lipinski definition) is 5. The maximum atomic E-state index is 12.6. The average Bonchev–Trinajstić information content (AvgIpc) is 2.86. The molecule has 22 heavy (non-hydrogen) atoms. The van der Waals surface area contributed by atoms with Crippen molar-refractivity contribution < 1.29 is 23.1 Å². The van der Waals surface area contributed by atoms with Gasteiger partial charge in [0.2, 0.25) is 5.91 Å². The van der Waals surface area contributed by atoms with Crippen LogP contribution in [0.4, 0.5) is 8.78 Å². The topological polar surface area (TPSA) is 73.2 Å². The van der Waals surface area contributed by atoms with Crippen molar-refractivity contribution >= 4 is 24.5 Å². The Morgan fingerprint density at radius 1 is 1.50 bits per heavy atom. The van der Waals surface area contributed by atoms with Gasteiger partial charge in [-0.15, -0.1) is 0 Å². The number of esters is 1. The number of rotatable bonds is 7. The van der Waals surface area contributed by atoms with Crippen LogP contribution in [-0.4, -0.2) is 40.1 Å². The summed E-state index contributed by atoms with van der Waals surface area (Å²) in [4.78, 5) is 23.8. The van der Waals surface area contributed by atoms with Gasteiger partial charge in [0.05, 0.1) is 6.61 Å². The van der Waals surface area contributed by atoms with Crippen molar-refractivity contribution in [2.24, 2.45) is 0 Å². The lowest BCUT2D eigenvalue weighted by molar-refractivity contribution is -0.147. The van der Waals surface area contributed by atoms with E-state index in [9.17, 15) is 18.4 Å². The molecule has 0 saturated carbocycles. The number of amides is 1. The minimum atomic E-state index is -2.71. The molecule has 0 aliphatic heterocycles. The van der Waals surface area contributed by atoms with Crippen LogP contribution in [-0.2, 0) is 14.3 Å². The van der Waals surface area contributed by atoms with E-state index >= 15 is 0 Å². The maximum Gasteiger partial charge on any atom is 0.329 e. The molecular weight excluding hydrogens is 316 g/mol. The van der Waals surface area contributed by atoms with Gasteiger partial charge in [0.15, 0.2) is 0 Å². The molecule has 6 nitrogen and oxygen atoms in total. The highest BCUT2D eigenvalue weighted by Crippen LogP contribution is 2.20. The summed E-state index contributed by atoms with van der Waals surface area (Å²) in [6.07, 6.45) is -2.71. The lowest BCUT2D eigenvalue weighted by Crippen LogP contribution is -2.45. The van der Waals surface area contributed by atoms with Gasteiger partial charge in [-0.2, -0.15) is 17.7 Å². The van der Waals surface area contributed by atoms with Crippen LogP contribution >= 0.6 is 12.6 Å². The third-order valence-corrected chi connectivity index (χ3v) is 3.35. The quantitative estimate of drug-likeness (QED) is 0.587. The van der Waals surface area contributed by atoms with Crippen LogP contribution in [0.5, 0.6) is 0 Å². The molecule has 2 unspecified atom stereocenters. The number of ether oxygens (including phenoxy) is 1. The summed E-state index contributed by atoms with van der Waals surface area (Å²) in [6, 6.07) is -0.524. The number of hydrogen-bond donors (Lipinski definition) is 2. The van der Waals surface area contributed by atoms with Crippen molar-refractivity contribution in [3.63, 3.8) is 0 Å². The summed E-state index contributed by atoms with van der Waals surface area (Å²) in [7, 11) is 0.